The van der Waals surface area contributed by atoms with Crippen LogP contribution in [0.1, 0.15) is 11.6 Å². The average molecular weight is 168 g/mol. The van der Waals surface area contributed by atoms with Gasteiger partial charge in [0.15, 0.2) is 0 Å². The van der Waals surface area contributed by atoms with Crippen molar-refractivity contribution in [3.8, 4) is 6.07 Å². The summed E-state index contributed by atoms with van der Waals surface area (Å²) in [5.41, 5.74) is 6.08. The lowest BCUT2D eigenvalue weighted by molar-refractivity contribution is 0.915. The van der Waals surface area contributed by atoms with Gasteiger partial charge in [-0.05, 0) is 6.07 Å². The van der Waals surface area contributed by atoms with E-state index in [4.69, 9.17) is 22.6 Å². The first-order chi connectivity index (χ1) is 5.24. The summed E-state index contributed by atoms with van der Waals surface area (Å²) in [5.74, 6) is 0. The number of pyridine rings is 1. The summed E-state index contributed by atoms with van der Waals surface area (Å²) in [6.07, 6.45) is 1.50. The van der Waals surface area contributed by atoms with Crippen LogP contribution in [0.25, 0.3) is 0 Å². The van der Waals surface area contributed by atoms with E-state index >= 15 is 0 Å². The van der Waals surface area contributed by atoms with Gasteiger partial charge in [-0.15, -0.1) is 0 Å². The van der Waals surface area contributed by atoms with Crippen LogP contribution in [0, 0.1) is 11.3 Å². The molecule has 3 nitrogen and oxygen atoms in total. The lowest BCUT2D eigenvalue weighted by atomic mass is 10.1. The van der Waals surface area contributed by atoms with Gasteiger partial charge in [0.1, 0.15) is 11.2 Å². The van der Waals surface area contributed by atoms with E-state index in [2.05, 4.69) is 4.98 Å². The van der Waals surface area contributed by atoms with Crippen molar-refractivity contribution in [2.24, 2.45) is 5.73 Å². The zero-order chi connectivity index (χ0) is 8.27. The van der Waals surface area contributed by atoms with Crippen LogP contribution in [0.2, 0.25) is 5.15 Å². The normalized spacial score (nSPS) is 12.1. The van der Waals surface area contributed by atoms with Gasteiger partial charge in [0.2, 0.25) is 0 Å². The van der Waals surface area contributed by atoms with Gasteiger partial charge < -0.3 is 5.73 Å². The monoisotopic (exact) mass is 167 g/mol. The molecule has 0 aliphatic carbocycles. The first kappa shape index (κ1) is 7.99. The predicted molar refractivity (Wildman–Crippen MR) is 41.8 cm³/mol. The van der Waals surface area contributed by atoms with Gasteiger partial charge in [-0.25, -0.2) is 4.98 Å². The van der Waals surface area contributed by atoms with E-state index in [9.17, 15) is 0 Å². The van der Waals surface area contributed by atoms with Crippen molar-refractivity contribution in [2.45, 2.75) is 6.04 Å². The summed E-state index contributed by atoms with van der Waals surface area (Å²) in [6, 6.07) is 4.57. The minimum Gasteiger partial charge on any atom is -0.312 e. The highest BCUT2D eigenvalue weighted by Crippen LogP contribution is 2.10. The van der Waals surface area contributed by atoms with Crippen LogP contribution in [-0.2, 0) is 0 Å². The standard InChI is InChI=1S/C7H6ClN3/c8-7-2-1-5(4-11-7)6(10)3-9/h1-2,4,6H,10H2. The highest BCUT2D eigenvalue weighted by Gasteiger charge is 2.02. The molecule has 1 heterocycles. The van der Waals surface area contributed by atoms with Crippen LogP contribution in [0.5, 0.6) is 0 Å². The minimum atomic E-state index is -0.611. The van der Waals surface area contributed by atoms with Crippen LogP contribution in [0.15, 0.2) is 18.3 Å². The minimum absolute atomic E-state index is 0.402. The Balaban J connectivity index is 2.92. The summed E-state index contributed by atoms with van der Waals surface area (Å²) in [7, 11) is 0. The molecule has 0 amide bonds. The third-order valence-corrected chi connectivity index (χ3v) is 1.47. The molecule has 1 unspecified atom stereocenters. The number of nitrogens with zero attached hydrogens (tertiary/aromatic N) is 2. The number of aromatic nitrogens is 1. The second-order valence-corrected chi connectivity index (χ2v) is 2.41. The quantitative estimate of drug-likeness (QED) is 0.641. The van der Waals surface area contributed by atoms with Crippen LogP contribution >= 0.6 is 11.6 Å². The Morgan fingerprint density at radius 3 is 2.82 bits per heavy atom. The molecule has 0 aliphatic rings. The molecule has 56 valence electrons. The van der Waals surface area contributed by atoms with E-state index < -0.39 is 6.04 Å². The molecule has 0 radical (unpaired) electrons. The Hall–Kier alpha value is -1.11. The van der Waals surface area contributed by atoms with Gasteiger partial charge in [-0.2, -0.15) is 5.26 Å². The molecule has 0 bridgehead atoms. The predicted octanol–water partition coefficient (Wildman–Crippen LogP) is 1.26. The molecular weight excluding hydrogens is 162 g/mol. The number of nitriles is 1. The van der Waals surface area contributed by atoms with E-state index in [-0.39, 0.29) is 0 Å². The maximum absolute atomic E-state index is 8.42. The fourth-order valence-corrected chi connectivity index (χ4v) is 0.758. The van der Waals surface area contributed by atoms with Crippen molar-refractivity contribution in [3.63, 3.8) is 0 Å². The maximum Gasteiger partial charge on any atom is 0.129 e. The SMILES string of the molecule is N#CC(N)c1ccc(Cl)nc1. The molecular formula is C7H6ClN3. The molecule has 1 aromatic rings. The Kier molecular flexibility index (Phi) is 2.42. The van der Waals surface area contributed by atoms with Crippen molar-refractivity contribution in [1.82, 2.24) is 4.98 Å². The Bertz CT molecular complexity index is 275. The molecule has 1 aromatic heterocycles. The van der Waals surface area contributed by atoms with E-state index in [0.29, 0.717) is 10.7 Å². The summed E-state index contributed by atoms with van der Waals surface area (Å²) in [4.78, 5) is 3.78. The first-order valence-corrected chi connectivity index (χ1v) is 3.38. The number of hydrogen-bond acceptors (Lipinski definition) is 3. The van der Waals surface area contributed by atoms with Gasteiger partial charge in [-0.3, -0.25) is 0 Å². The van der Waals surface area contributed by atoms with Crippen LogP contribution < -0.4 is 5.73 Å². The van der Waals surface area contributed by atoms with Gasteiger partial charge in [0.25, 0.3) is 0 Å². The van der Waals surface area contributed by atoms with E-state index in [1.165, 1.54) is 6.20 Å². The molecule has 1 atom stereocenters. The molecule has 0 fully saturated rings. The highest BCUT2D eigenvalue weighted by atomic mass is 35.5. The summed E-state index contributed by atoms with van der Waals surface area (Å²) in [6.45, 7) is 0. The lowest BCUT2D eigenvalue weighted by Gasteiger charge is -2.00. The van der Waals surface area contributed by atoms with Crippen molar-refractivity contribution in [2.75, 3.05) is 0 Å². The van der Waals surface area contributed by atoms with Crippen LogP contribution in [0.4, 0.5) is 0 Å². The van der Waals surface area contributed by atoms with Gasteiger partial charge in [0, 0.05) is 11.8 Å². The van der Waals surface area contributed by atoms with Crippen LogP contribution in [-0.4, -0.2) is 4.98 Å². The van der Waals surface area contributed by atoms with Crippen molar-refractivity contribution < 1.29 is 0 Å². The van der Waals surface area contributed by atoms with Gasteiger partial charge >= 0.3 is 0 Å². The number of rotatable bonds is 1. The smallest absolute Gasteiger partial charge is 0.129 e. The van der Waals surface area contributed by atoms with E-state index in [0.717, 1.165) is 0 Å². The van der Waals surface area contributed by atoms with Gasteiger partial charge in [-0.1, -0.05) is 17.7 Å². The third kappa shape index (κ3) is 1.90. The Morgan fingerprint density at radius 1 is 1.64 bits per heavy atom. The Labute approximate surface area is 69.4 Å². The molecule has 0 aliphatic heterocycles. The number of nitrogens with two attached hydrogens (primary N) is 1. The van der Waals surface area contributed by atoms with E-state index in [1.807, 2.05) is 6.07 Å². The molecule has 0 saturated heterocycles. The molecule has 0 spiro atoms. The van der Waals surface area contributed by atoms with Crippen molar-refractivity contribution >= 4 is 11.6 Å². The van der Waals surface area contributed by atoms with Crippen molar-refractivity contribution in [1.29, 1.82) is 5.26 Å². The summed E-state index contributed by atoms with van der Waals surface area (Å²) in [5, 5.41) is 8.82. The number of halogens is 1. The number of hydrogen-bond donors (Lipinski definition) is 1. The highest BCUT2D eigenvalue weighted by molar-refractivity contribution is 6.29. The topological polar surface area (TPSA) is 62.7 Å². The first-order valence-electron chi connectivity index (χ1n) is 3.00. The molecule has 2 N–H and O–H groups in total. The fourth-order valence-electron chi connectivity index (χ4n) is 0.646. The molecule has 1 rings (SSSR count). The largest absolute Gasteiger partial charge is 0.312 e. The summed E-state index contributed by atoms with van der Waals surface area (Å²) >= 11 is 5.52. The lowest BCUT2D eigenvalue weighted by Crippen LogP contribution is -2.06. The van der Waals surface area contributed by atoms with Gasteiger partial charge in [0.05, 0.1) is 6.07 Å². The molecule has 0 saturated carbocycles. The molecule has 4 heteroatoms. The third-order valence-electron chi connectivity index (χ3n) is 1.25. The Morgan fingerprint density at radius 2 is 2.36 bits per heavy atom. The fraction of sp³-hybridized carbons (Fsp3) is 0.143. The molecule has 11 heavy (non-hydrogen) atoms. The maximum atomic E-state index is 8.42. The second-order valence-electron chi connectivity index (χ2n) is 2.02. The zero-order valence-corrected chi connectivity index (χ0v) is 6.42. The van der Waals surface area contributed by atoms with E-state index in [1.54, 1.807) is 12.1 Å². The average Bonchev–Trinajstić information content (AvgIpc) is 2.05. The summed E-state index contributed by atoms with van der Waals surface area (Å²) < 4.78 is 0. The van der Waals surface area contributed by atoms with Crippen LogP contribution in [0.3, 0.4) is 0 Å². The molecule has 0 aromatic carbocycles. The second kappa shape index (κ2) is 3.33. The van der Waals surface area contributed by atoms with Crippen molar-refractivity contribution in [3.05, 3.63) is 29.0 Å². The zero-order valence-electron chi connectivity index (χ0n) is 5.66.